The summed E-state index contributed by atoms with van der Waals surface area (Å²) < 4.78 is 7.88. The monoisotopic (exact) mass is 514 g/mol. The van der Waals surface area contributed by atoms with E-state index in [1.807, 2.05) is 6.07 Å². The average Bonchev–Trinajstić information content (AvgIpc) is 2.99. The van der Waals surface area contributed by atoms with Crippen LogP contribution in [0.25, 0.3) is 0 Å². The predicted octanol–water partition coefficient (Wildman–Crippen LogP) is 2.74. The highest BCUT2D eigenvalue weighted by molar-refractivity contribution is 8.01. The zero-order valence-corrected chi connectivity index (χ0v) is 19.5. The number of alkyl halides is 4. The predicted molar refractivity (Wildman–Crippen MR) is 116 cm³/mol. The van der Waals surface area contributed by atoms with Gasteiger partial charge < -0.3 is 19.7 Å². The maximum atomic E-state index is 12.7. The van der Waals surface area contributed by atoms with Crippen molar-refractivity contribution in [3.8, 4) is 5.75 Å². The van der Waals surface area contributed by atoms with E-state index in [9.17, 15) is 14.4 Å². The third-order valence-corrected chi connectivity index (χ3v) is 7.31. The van der Waals surface area contributed by atoms with E-state index in [-0.39, 0.29) is 12.5 Å². The standard InChI is InChI=1S/C18H18Cl4N2O5S/c1-17(8-19)13(16(27)29-9-18(20,21)22)24-14(26)12(15(24)30-17)23-11(25)7-28-10-5-3-2-4-6-10/h2-6,12-13,15H,7-9H2,1H3,(H,23,25). The molecule has 0 aromatic heterocycles. The molecule has 2 fully saturated rings. The van der Waals surface area contributed by atoms with Crippen LogP contribution in [0.15, 0.2) is 30.3 Å². The fourth-order valence-electron chi connectivity index (χ4n) is 3.23. The molecular formula is C18H18Cl4N2O5S. The summed E-state index contributed by atoms with van der Waals surface area (Å²) in [7, 11) is 0. The Kier molecular flexibility index (Phi) is 7.24. The zero-order valence-electron chi connectivity index (χ0n) is 15.6. The van der Waals surface area contributed by atoms with Crippen LogP contribution in [0, 0.1) is 0 Å². The molecule has 2 aliphatic heterocycles. The van der Waals surface area contributed by atoms with E-state index >= 15 is 0 Å². The van der Waals surface area contributed by atoms with Crippen molar-refractivity contribution in [1.29, 1.82) is 0 Å². The SMILES string of the molecule is CC1(CCl)SC2C(NC(=O)COc3ccccc3)C(=O)N2C1C(=O)OCC(Cl)(Cl)Cl. The summed E-state index contributed by atoms with van der Waals surface area (Å²) in [6.45, 7) is 1.04. The number of fused-ring (bicyclic) bond motifs is 1. The topological polar surface area (TPSA) is 84.9 Å². The van der Waals surface area contributed by atoms with Crippen molar-refractivity contribution in [2.75, 3.05) is 19.1 Å². The lowest BCUT2D eigenvalue weighted by molar-refractivity contribution is -0.164. The number of ether oxygens (including phenoxy) is 2. The minimum atomic E-state index is -1.77. The van der Waals surface area contributed by atoms with E-state index in [4.69, 9.17) is 55.9 Å². The molecular weight excluding hydrogens is 498 g/mol. The maximum Gasteiger partial charge on any atom is 0.330 e. The molecule has 4 atom stereocenters. The van der Waals surface area contributed by atoms with Crippen molar-refractivity contribution < 1.29 is 23.9 Å². The van der Waals surface area contributed by atoms with Gasteiger partial charge in [0.1, 0.15) is 29.8 Å². The Balaban J connectivity index is 1.62. The number of hydrogen-bond donors (Lipinski definition) is 1. The molecule has 2 aliphatic rings. The summed E-state index contributed by atoms with van der Waals surface area (Å²) in [5.74, 6) is -0.970. The number of halogens is 4. The van der Waals surface area contributed by atoms with Crippen LogP contribution < -0.4 is 10.1 Å². The number of para-hydroxylation sites is 1. The summed E-state index contributed by atoms with van der Waals surface area (Å²) in [5.41, 5.74) is 0. The first-order valence-corrected chi connectivity index (χ1v) is 11.4. The number of β-lactam (4-membered cyclic amide) rings is 1. The smallest absolute Gasteiger partial charge is 0.330 e. The molecule has 1 N–H and O–H groups in total. The summed E-state index contributed by atoms with van der Waals surface area (Å²) in [6.07, 6.45) is 0. The molecule has 0 saturated carbocycles. The number of carbonyl (C=O) groups excluding carboxylic acids is 3. The molecule has 1 aromatic carbocycles. The Morgan fingerprint density at radius 3 is 2.53 bits per heavy atom. The minimum Gasteiger partial charge on any atom is -0.484 e. The molecule has 0 radical (unpaired) electrons. The highest BCUT2D eigenvalue weighted by Gasteiger charge is 2.65. The first kappa shape index (κ1) is 23.6. The number of nitrogens with zero attached hydrogens (tertiary/aromatic N) is 1. The summed E-state index contributed by atoms with van der Waals surface area (Å²) >= 11 is 24.3. The highest BCUT2D eigenvalue weighted by atomic mass is 35.6. The quantitative estimate of drug-likeness (QED) is 0.341. The fourth-order valence-corrected chi connectivity index (χ4v) is 5.34. The number of amides is 2. The maximum absolute atomic E-state index is 12.7. The molecule has 0 aliphatic carbocycles. The normalized spacial score (nSPS) is 27.8. The first-order chi connectivity index (χ1) is 14.1. The Bertz CT molecular complexity index is 825. The van der Waals surface area contributed by atoms with Crippen LogP contribution in [0.5, 0.6) is 5.75 Å². The third kappa shape index (κ3) is 5.05. The highest BCUT2D eigenvalue weighted by Crippen LogP contribution is 2.51. The zero-order chi connectivity index (χ0) is 22.1. The molecule has 4 unspecified atom stereocenters. The molecule has 1 aromatic rings. The fraction of sp³-hybridized carbons (Fsp3) is 0.500. The Morgan fingerprint density at radius 1 is 1.27 bits per heavy atom. The van der Waals surface area contributed by atoms with Crippen LogP contribution in [-0.4, -0.2) is 67.8 Å². The van der Waals surface area contributed by atoms with Gasteiger partial charge in [-0.2, -0.15) is 0 Å². The van der Waals surface area contributed by atoms with E-state index in [1.54, 1.807) is 31.2 Å². The van der Waals surface area contributed by atoms with Gasteiger partial charge in [-0.05, 0) is 19.1 Å². The van der Waals surface area contributed by atoms with E-state index in [1.165, 1.54) is 16.7 Å². The lowest BCUT2D eigenvalue weighted by Crippen LogP contribution is -2.71. The third-order valence-electron chi connectivity index (χ3n) is 4.62. The Labute approximate surface area is 197 Å². The molecule has 12 heteroatoms. The second-order valence-corrected chi connectivity index (χ2v) is 11.4. The molecule has 2 heterocycles. The van der Waals surface area contributed by atoms with Gasteiger partial charge in [-0.15, -0.1) is 23.4 Å². The number of carbonyl (C=O) groups is 3. The molecule has 2 saturated heterocycles. The number of thioether (sulfide) groups is 1. The van der Waals surface area contributed by atoms with E-state index < -0.39 is 50.4 Å². The second-order valence-electron chi connectivity index (χ2n) is 6.97. The van der Waals surface area contributed by atoms with Crippen molar-refractivity contribution >= 4 is 75.9 Å². The molecule has 0 bridgehead atoms. The number of benzene rings is 1. The van der Waals surface area contributed by atoms with Crippen molar-refractivity contribution in [3.63, 3.8) is 0 Å². The van der Waals surface area contributed by atoms with Gasteiger partial charge in [-0.3, -0.25) is 9.59 Å². The number of esters is 1. The van der Waals surface area contributed by atoms with Gasteiger partial charge in [0, 0.05) is 5.88 Å². The van der Waals surface area contributed by atoms with Crippen LogP contribution in [-0.2, 0) is 19.1 Å². The van der Waals surface area contributed by atoms with E-state index in [0.29, 0.717) is 5.75 Å². The van der Waals surface area contributed by atoms with Gasteiger partial charge in [-0.1, -0.05) is 53.0 Å². The number of nitrogens with one attached hydrogen (secondary N) is 1. The van der Waals surface area contributed by atoms with E-state index in [0.717, 1.165) is 0 Å². The minimum absolute atomic E-state index is 0.0727. The van der Waals surface area contributed by atoms with Crippen LogP contribution in [0.2, 0.25) is 0 Å². The lowest BCUT2D eigenvalue weighted by Gasteiger charge is -2.44. The lowest BCUT2D eigenvalue weighted by atomic mass is 9.96. The number of hydrogen-bond acceptors (Lipinski definition) is 6. The van der Waals surface area contributed by atoms with Gasteiger partial charge >= 0.3 is 5.97 Å². The Morgan fingerprint density at radius 2 is 1.93 bits per heavy atom. The summed E-state index contributed by atoms with van der Waals surface area (Å²) in [5, 5.41) is 2.19. The van der Waals surface area contributed by atoms with Crippen LogP contribution in [0.4, 0.5) is 0 Å². The van der Waals surface area contributed by atoms with Crippen LogP contribution in [0.3, 0.4) is 0 Å². The van der Waals surface area contributed by atoms with Crippen LogP contribution >= 0.6 is 58.2 Å². The Hall–Kier alpha value is -1.06. The summed E-state index contributed by atoms with van der Waals surface area (Å²) in [6, 6.07) is 7.07. The largest absolute Gasteiger partial charge is 0.484 e. The summed E-state index contributed by atoms with van der Waals surface area (Å²) in [4.78, 5) is 38.9. The molecule has 3 rings (SSSR count). The van der Waals surface area contributed by atoms with E-state index in [2.05, 4.69) is 5.32 Å². The van der Waals surface area contributed by atoms with Gasteiger partial charge in [0.2, 0.25) is 9.70 Å². The van der Waals surface area contributed by atoms with Crippen molar-refractivity contribution in [3.05, 3.63) is 30.3 Å². The van der Waals surface area contributed by atoms with Crippen molar-refractivity contribution in [2.24, 2.45) is 0 Å². The second kappa shape index (κ2) is 9.20. The molecule has 0 spiro atoms. The van der Waals surface area contributed by atoms with Crippen molar-refractivity contribution in [2.45, 2.75) is 32.9 Å². The van der Waals surface area contributed by atoms with Crippen LogP contribution in [0.1, 0.15) is 6.92 Å². The van der Waals surface area contributed by atoms with Crippen molar-refractivity contribution in [1.82, 2.24) is 10.2 Å². The first-order valence-electron chi connectivity index (χ1n) is 8.82. The van der Waals surface area contributed by atoms with Gasteiger partial charge in [0.05, 0.1) is 4.75 Å². The average molecular weight is 516 g/mol. The molecule has 7 nitrogen and oxygen atoms in total. The molecule has 2 amide bonds. The van der Waals surface area contributed by atoms with Gasteiger partial charge in [0.15, 0.2) is 6.61 Å². The van der Waals surface area contributed by atoms with Gasteiger partial charge in [0.25, 0.3) is 5.91 Å². The van der Waals surface area contributed by atoms with Gasteiger partial charge in [-0.25, -0.2) is 4.79 Å². The molecule has 164 valence electrons. The number of rotatable bonds is 7. The molecule has 30 heavy (non-hydrogen) atoms.